The SMILES string of the molecule is CCC(C)(C)Nc1cn(C)c(-c2nc3ccc(C(=O)C(C)(C)CC)cc3[nH]2)n1. The van der Waals surface area contributed by atoms with Crippen LogP contribution in [0.4, 0.5) is 5.82 Å². The lowest BCUT2D eigenvalue weighted by Gasteiger charge is -2.24. The number of aromatic nitrogens is 4. The number of carbonyl (C=O) groups is 1. The van der Waals surface area contributed by atoms with Gasteiger partial charge in [0.1, 0.15) is 5.82 Å². The Hall–Kier alpha value is -2.63. The van der Waals surface area contributed by atoms with E-state index in [1.165, 1.54) is 0 Å². The van der Waals surface area contributed by atoms with Crippen LogP contribution in [0.15, 0.2) is 24.4 Å². The van der Waals surface area contributed by atoms with Gasteiger partial charge in [-0.05, 0) is 44.9 Å². The molecular weight excluding hydrogens is 350 g/mol. The summed E-state index contributed by atoms with van der Waals surface area (Å²) >= 11 is 0. The van der Waals surface area contributed by atoms with E-state index in [-0.39, 0.29) is 16.7 Å². The highest BCUT2D eigenvalue weighted by molar-refractivity contribution is 6.02. The molecule has 0 aliphatic heterocycles. The van der Waals surface area contributed by atoms with Crippen LogP contribution in [0.3, 0.4) is 0 Å². The van der Waals surface area contributed by atoms with Gasteiger partial charge in [0, 0.05) is 29.8 Å². The molecule has 0 amide bonds. The van der Waals surface area contributed by atoms with Crippen LogP contribution in [0.1, 0.15) is 64.7 Å². The summed E-state index contributed by atoms with van der Waals surface area (Å²) in [4.78, 5) is 25.5. The number of benzene rings is 1. The molecule has 1 aromatic carbocycles. The fraction of sp³-hybridized carbons (Fsp3) is 0.500. The van der Waals surface area contributed by atoms with Crippen molar-refractivity contribution in [2.24, 2.45) is 12.5 Å². The lowest BCUT2D eigenvalue weighted by atomic mass is 9.82. The van der Waals surface area contributed by atoms with Crippen LogP contribution in [0.2, 0.25) is 0 Å². The van der Waals surface area contributed by atoms with E-state index in [0.29, 0.717) is 11.4 Å². The Bertz CT molecular complexity index is 1010. The first-order valence-corrected chi connectivity index (χ1v) is 9.93. The van der Waals surface area contributed by atoms with E-state index < -0.39 is 0 Å². The van der Waals surface area contributed by atoms with Crippen molar-refractivity contribution in [3.63, 3.8) is 0 Å². The first-order chi connectivity index (χ1) is 13.1. The van der Waals surface area contributed by atoms with E-state index in [1.54, 1.807) is 0 Å². The number of hydrogen-bond acceptors (Lipinski definition) is 4. The summed E-state index contributed by atoms with van der Waals surface area (Å²) < 4.78 is 1.96. The van der Waals surface area contributed by atoms with Gasteiger partial charge in [0.15, 0.2) is 17.4 Å². The van der Waals surface area contributed by atoms with E-state index >= 15 is 0 Å². The molecule has 2 N–H and O–H groups in total. The van der Waals surface area contributed by atoms with Crippen molar-refractivity contribution in [2.45, 2.75) is 59.9 Å². The lowest BCUT2D eigenvalue weighted by molar-refractivity contribution is 0.0833. The Labute approximate surface area is 166 Å². The molecule has 2 aromatic heterocycles. The molecule has 28 heavy (non-hydrogen) atoms. The molecule has 3 aromatic rings. The highest BCUT2D eigenvalue weighted by atomic mass is 16.1. The molecule has 0 saturated carbocycles. The number of nitrogens with one attached hydrogen (secondary N) is 2. The van der Waals surface area contributed by atoms with Crippen LogP contribution in [-0.2, 0) is 7.05 Å². The molecule has 6 nitrogen and oxygen atoms in total. The van der Waals surface area contributed by atoms with Crippen molar-refractivity contribution in [1.82, 2.24) is 19.5 Å². The topological polar surface area (TPSA) is 75.6 Å². The molecule has 0 fully saturated rings. The first kappa shape index (κ1) is 20.1. The second-order valence-corrected chi connectivity index (χ2v) is 8.81. The number of fused-ring (bicyclic) bond motifs is 1. The summed E-state index contributed by atoms with van der Waals surface area (Å²) in [5, 5.41) is 3.46. The quantitative estimate of drug-likeness (QED) is 0.553. The fourth-order valence-electron chi connectivity index (χ4n) is 2.99. The van der Waals surface area contributed by atoms with E-state index in [1.807, 2.05) is 56.8 Å². The highest BCUT2D eigenvalue weighted by Gasteiger charge is 2.27. The van der Waals surface area contributed by atoms with Crippen molar-refractivity contribution in [3.8, 4) is 11.6 Å². The molecule has 150 valence electrons. The van der Waals surface area contributed by atoms with Crippen LogP contribution in [0.25, 0.3) is 22.7 Å². The smallest absolute Gasteiger partial charge is 0.178 e. The number of imidazole rings is 2. The normalized spacial score (nSPS) is 12.5. The number of H-pyrrole nitrogens is 1. The molecular formula is C22H31N5O. The molecule has 0 spiro atoms. The van der Waals surface area contributed by atoms with Crippen LogP contribution >= 0.6 is 0 Å². The predicted molar refractivity (Wildman–Crippen MR) is 115 cm³/mol. The van der Waals surface area contributed by atoms with Gasteiger partial charge in [0.25, 0.3) is 0 Å². The maximum absolute atomic E-state index is 12.8. The van der Waals surface area contributed by atoms with Crippen LogP contribution < -0.4 is 5.32 Å². The second kappa shape index (κ2) is 7.08. The van der Waals surface area contributed by atoms with E-state index in [4.69, 9.17) is 4.98 Å². The van der Waals surface area contributed by atoms with E-state index in [9.17, 15) is 4.79 Å². The molecule has 0 saturated heterocycles. The van der Waals surface area contributed by atoms with Crippen LogP contribution in [-0.4, -0.2) is 30.8 Å². The number of ketones is 1. The van der Waals surface area contributed by atoms with Crippen molar-refractivity contribution in [3.05, 3.63) is 30.0 Å². The monoisotopic (exact) mass is 381 g/mol. The molecule has 3 rings (SSSR count). The van der Waals surface area contributed by atoms with Crippen molar-refractivity contribution in [1.29, 1.82) is 0 Å². The average Bonchev–Trinajstić information content (AvgIpc) is 3.22. The number of rotatable bonds is 7. The predicted octanol–water partition coefficient (Wildman–Crippen LogP) is 5.18. The molecule has 0 aliphatic rings. The van der Waals surface area contributed by atoms with Gasteiger partial charge in [-0.1, -0.05) is 27.7 Å². The van der Waals surface area contributed by atoms with Gasteiger partial charge in [-0.2, -0.15) is 0 Å². The number of aromatic amines is 1. The summed E-state index contributed by atoms with van der Waals surface area (Å²) in [7, 11) is 1.96. The molecule has 0 atom stereocenters. The summed E-state index contributed by atoms with van der Waals surface area (Å²) in [6, 6.07) is 5.66. The third kappa shape index (κ3) is 3.81. The number of anilines is 1. The maximum Gasteiger partial charge on any atom is 0.178 e. The van der Waals surface area contributed by atoms with Crippen molar-refractivity contribution >= 4 is 22.6 Å². The van der Waals surface area contributed by atoms with Gasteiger partial charge >= 0.3 is 0 Å². The van der Waals surface area contributed by atoms with Gasteiger partial charge < -0.3 is 14.9 Å². The Morgan fingerprint density at radius 1 is 1.14 bits per heavy atom. The highest BCUT2D eigenvalue weighted by Crippen LogP contribution is 2.28. The number of aryl methyl sites for hydroxylation is 1. The summed E-state index contributed by atoms with van der Waals surface area (Å²) in [6.45, 7) is 12.5. The number of Topliss-reactive ketones (excluding diaryl/α,β-unsaturated/α-hetero) is 1. The zero-order chi connectivity index (χ0) is 20.7. The summed E-state index contributed by atoms with van der Waals surface area (Å²) in [5.41, 5.74) is 1.98. The molecule has 0 radical (unpaired) electrons. The summed E-state index contributed by atoms with van der Waals surface area (Å²) in [5.74, 6) is 2.43. The van der Waals surface area contributed by atoms with Crippen LogP contribution in [0, 0.1) is 5.41 Å². The minimum Gasteiger partial charge on any atom is -0.364 e. The van der Waals surface area contributed by atoms with Crippen molar-refractivity contribution in [2.75, 3.05) is 5.32 Å². The molecule has 0 bridgehead atoms. The maximum atomic E-state index is 12.8. The van der Waals surface area contributed by atoms with E-state index in [2.05, 4.69) is 36.1 Å². The zero-order valence-electron chi connectivity index (χ0n) is 18.0. The summed E-state index contributed by atoms with van der Waals surface area (Å²) in [6.07, 6.45) is 3.77. The third-order valence-corrected chi connectivity index (χ3v) is 5.68. The van der Waals surface area contributed by atoms with Gasteiger partial charge in [0.05, 0.1) is 11.0 Å². The Balaban J connectivity index is 1.95. The van der Waals surface area contributed by atoms with Gasteiger partial charge in [0.2, 0.25) is 0 Å². The molecule has 6 heteroatoms. The number of hydrogen-bond donors (Lipinski definition) is 2. The Morgan fingerprint density at radius 3 is 2.50 bits per heavy atom. The number of nitrogens with zero attached hydrogens (tertiary/aromatic N) is 3. The Morgan fingerprint density at radius 2 is 1.86 bits per heavy atom. The first-order valence-electron chi connectivity index (χ1n) is 9.93. The third-order valence-electron chi connectivity index (χ3n) is 5.68. The van der Waals surface area contributed by atoms with Gasteiger partial charge in [-0.3, -0.25) is 4.79 Å². The zero-order valence-corrected chi connectivity index (χ0v) is 18.0. The van der Waals surface area contributed by atoms with Gasteiger partial charge in [-0.25, -0.2) is 9.97 Å². The largest absolute Gasteiger partial charge is 0.364 e. The van der Waals surface area contributed by atoms with Crippen LogP contribution in [0.5, 0.6) is 0 Å². The molecule has 0 unspecified atom stereocenters. The molecule has 2 heterocycles. The fourth-order valence-corrected chi connectivity index (χ4v) is 2.99. The van der Waals surface area contributed by atoms with Gasteiger partial charge in [-0.15, -0.1) is 0 Å². The Kier molecular flexibility index (Phi) is 5.08. The van der Waals surface area contributed by atoms with E-state index in [0.717, 1.165) is 35.5 Å². The van der Waals surface area contributed by atoms with Crippen molar-refractivity contribution < 1.29 is 4.79 Å². The molecule has 0 aliphatic carbocycles. The number of carbonyl (C=O) groups excluding carboxylic acids is 1. The lowest BCUT2D eigenvalue weighted by Crippen LogP contribution is -2.29. The average molecular weight is 382 g/mol. The minimum absolute atomic E-state index is 0.0269. The second-order valence-electron chi connectivity index (χ2n) is 8.81. The minimum atomic E-state index is -0.372. The standard InChI is InChI=1S/C22H31N5O/c1-8-21(3,4)18(28)14-10-11-15-16(12-14)24-19(23-15)20-25-17(13-27(20)7)26-22(5,6)9-2/h10-13,26H,8-9H2,1-7H3,(H,23,24).